The number of nitrogens with one attached hydrogen (secondary N) is 2. The van der Waals surface area contributed by atoms with Crippen LogP contribution in [0, 0.1) is 0 Å². The van der Waals surface area contributed by atoms with Crippen LogP contribution >= 0.6 is 24.0 Å². The van der Waals surface area contributed by atoms with Crippen molar-refractivity contribution in [2.45, 2.75) is 13.5 Å². The van der Waals surface area contributed by atoms with Crippen molar-refractivity contribution in [3.05, 3.63) is 72.9 Å². The molecule has 0 aliphatic rings. The van der Waals surface area contributed by atoms with Gasteiger partial charge in [0.25, 0.3) is 0 Å². The minimum absolute atomic E-state index is 0. The highest BCUT2D eigenvalue weighted by molar-refractivity contribution is 14.0. The van der Waals surface area contributed by atoms with Gasteiger partial charge in [-0.2, -0.15) is 0 Å². The van der Waals surface area contributed by atoms with Gasteiger partial charge in [0.1, 0.15) is 24.5 Å². The van der Waals surface area contributed by atoms with Crippen molar-refractivity contribution in [3.8, 4) is 11.6 Å². The smallest absolute Gasteiger partial charge is 0.191 e. The number of guanidine groups is 1. The Kier molecular flexibility index (Phi) is 9.26. The second kappa shape index (κ2) is 12.0. The van der Waals surface area contributed by atoms with Crippen molar-refractivity contribution in [3.63, 3.8) is 0 Å². The van der Waals surface area contributed by atoms with E-state index in [-0.39, 0.29) is 24.0 Å². The van der Waals surface area contributed by atoms with E-state index in [4.69, 9.17) is 4.74 Å². The standard InChI is InChI=1S/C20H24N6O.HI/c1-2-22-20(23-11-13-27-18-6-4-3-5-7-18)25-15-17-8-9-19(24-14-17)26-12-10-21-16-26;/h3-10,12,14,16H,2,11,13,15H2,1H3,(H2,22,23,25);1H. The summed E-state index contributed by atoms with van der Waals surface area (Å²) in [6.07, 6.45) is 7.16. The topological polar surface area (TPSA) is 76.4 Å². The molecule has 0 fully saturated rings. The number of pyridine rings is 1. The van der Waals surface area contributed by atoms with E-state index in [1.807, 2.05) is 66.3 Å². The van der Waals surface area contributed by atoms with Crippen LogP contribution < -0.4 is 15.4 Å². The zero-order valence-electron chi connectivity index (χ0n) is 15.8. The highest BCUT2D eigenvalue weighted by Gasteiger charge is 2.00. The number of aliphatic imine (C=N–C) groups is 1. The van der Waals surface area contributed by atoms with E-state index in [2.05, 4.69) is 25.6 Å². The lowest BCUT2D eigenvalue weighted by Crippen LogP contribution is -2.39. The second-order valence-corrected chi connectivity index (χ2v) is 5.78. The SMILES string of the molecule is CCNC(=NCc1ccc(-n2ccnc2)nc1)NCCOc1ccccc1.I. The van der Waals surface area contributed by atoms with E-state index in [0.717, 1.165) is 29.6 Å². The van der Waals surface area contributed by atoms with E-state index < -0.39 is 0 Å². The molecule has 8 heteroatoms. The molecule has 7 nitrogen and oxygen atoms in total. The average molecular weight is 492 g/mol. The third kappa shape index (κ3) is 6.84. The highest BCUT2D eigenvalue weighted by atomic mass is 127. The van der Waals surface area contributed by atoms with Crippen LogP contribution in [0.15, 0.2) is 72.4 Å². The molecule has 148 valence electrons. The molecule has 28 heavy (non-hydrogen) atoms. The zero-order chi connectivity index (χ0) is 18.7. The minimum atomic E-state index is 0. The van der Waals surface area contributed by atoms with Gasteiger partial charge in [-0.1, -0.05) is 24.3 Å². The highest BCUT2D eigenvalue weighted by Crippen LogP contribution is 2.08. The Balaban J connectivity index is 0.00000280. The lowest BCUT2D eigenvalue weighted by Gasteiger charge is -2.12. The number of aromatic nitrogens is 3. The molecule has 0 unspecified atom stereocenters. The van der Waals surface area contributed by atoms with E-state index in [1.165, 1.54) is 0 Å². The molecule has 0 radical (unpaired) electrons. The fraction of sp³-hybridized carbons (Fsp3) is 0.250. The number of benzene rings is 1. The molecule has 2 N–H and O–H groups in total. The molecular formula is C20H25IN6O. The van der Waals surface area contributed by atoms with Gasteiger partial charge < -0.3 is 15.4 Å². The summed E-state index contributed by atoms with van der Waals surface area (Å²) in [7, 11) is 0. The predicted octanol–water partition coefficient (Wildman–Crippen LogP) is 3.02. The van der Waals surface area contributed by atoms with E-state index in [9.17, 15) is 0 Å². The first kappa shape index (κ1) is 21.7. The van der Waals surface area contributed by atoms with Crippen LogP contribution in [-0.2, 0) is 6.54 Å². The van der Waals surface area contributed by atoms with E-state index in [0.29, 0.717) is 19.7 Å². The fourth-order valence-corrected chi connectivity index (χ4v) is 2.42. The van der Waals surface area contributed by atoms with Crippen LogP contribution in [0.5, 0.6) is 5.75 Å². The van der Waals surface area contributed by atoms with Gasteiger partial charge in [-0.15, -0.1) is 24.0 Å². The summed E-state index contributed by atoms with van der Waals surface area (Å²) in [5.74, 6) is 2.46. The summed E-state index contributed by atoms with van der Waals surface area (Å²) in [6.45, 7) is 4.61. The zero-order valence-corrected chi connectivity index (χ0v) is 18.1. The van der Waals surface area contributed by atoms with Gasteiger partial charge in [0, 0.05) is 25.1 Å². The molecule has 0 saturated carbocycles. The van der Waals surface area contributed by atoms with Crippen LogP contribution in [0.3, 0.4) is 0 Å². The maximum Gasteiger partial charge on any atom is 0.191 e. The average Bonchev–Trinajstić information content (AvgIpc) is 3.25. The van der Waals surface area contributed by atoms with Crippen LogP contribution in [0.4, 0.5) is 0 Å². The first-order valence-corrected chi connectivity index (χ1v) is 8.98. The Morgan fingerprint density at radius 2 is 2.00 bits per heavy atom. The molecule has 3 rings (SSSR count). The Hall–Kier alpha value is -2.62. The van der Waals surface area contributed by atoms with Crippen LogP contribution in [0.2, 0.25) is 0 Å². The van der Waals surface area contributed by atoms with Gasteiger partial charge in [-0.05, 0) is 30.7 Å². The van der Waals surface area contributed by atoms with Gasteiger partial charge in [0.05, 0.1) is 13.1 Å². The number of ether oxygens (including phenoxy) is 1. The molecule has 3 aromatic rings. The van der Waals surface area contributed by atoms with Crippen LogP contribution in [-0.4, -0.2) is 40.2 Å². The van der Waals surface area contributed by atoms with Crippen molar-refractivity contribution in [2.24, 2.45) is 4.99 Å². The van der Waals surface area contributed by atoms with Crippen LogP contribution in [0.1, 0.15) is 12.5 Å². The molecule has 2 aromatic heterocycles. The minimum Gasteiger partial charge on any atom is -0.492 e. The summed E-state index contributed by atoms with van der Waals surface area (Å²) >= 11 is 0. The lowest BCUT2D eigenvalue weighted by molar-refractivity contribution is 0.322. The second-order valence-electron chi connectivity index (χ2n) is 5.78. The van der Waals surface area contributed by atoms with Crippen molar-refractivity contribution < 1.29 is 4.74 Å². The summed E-state index contributed by atoms with van der Waals surface area (Å²) in [5.41, 5.74) is 1.04. The fourth-order valence-electron chi connectivity index (χ4n) is 2.42. The number of imidazole rings is 1. The molecule has 0 aliphatic heterocycles. The number of rotatable bonds is 8. The van der Waals surface area contributed by atoms with E-state index in [1.54, 1.807) is 12.5 Å². The number of halogens is 1. The first-order chi connectivity index (χ1) is 13.3. The third-order valence-corrected chi connectivity index (χ3v) is 3.75. The molecule has 1 aromatic carbocycles. The monoisotopic (exact) mass is 492 g/mol. The summed E-state index contributed by atoms with van der Waals surface area (Å²) < 4.78 is 7.55. The first-order valence-electron chi connectivity index (χ1n) is 8.98. The largest absolute Gasteiger partial charge is 0.492 e. The maximum absolute atomic E-state index is 5.68. The number of para-hydroxylation sites is 1. The molecule has 0 saturated heterocycles. The Morgan fingerprint density at radius 3 is 2.68 bits per heavy atom. The van der Waals surface area contributed by atoms with Gasteiger partial charge in [-0.25, -0.2) is 15.0 Å². The van der Waals surface area contributed by atoms with E-state index >= 15 is 0 Å². The van der Waals surface area contributed by atoms with Gasteiger partial charge >= 0.3 is 0 Å². The van der Waals surface area contributed by atoms with Gasteiger partial charge in [0.15, 0.2) is 5.96 Å². The van der Waals surface area contributed by atoms with Crippen molar-refractivity contribution in [1.29, 1.82) is 0 Å². The molecule has 0 bridgehead atoms. The number of hydrogen-bond acceptors (Lipinski definition) is 4. The van der Waals surface area contributed by atoms with Gasteiger partial charge in [-0.3, -0.25) is 4.57 Å². The molecule has 0 aliphatic carbocycles. The third-order valence-electron chi connectivity index (χ3n) is 3.75. The molecular weight excluding hydrogens is 467 g/mol. The lowest BCUT2D eigenvalue weighted by atomic mass is 10.3. The number of nitrogens with zero attached hydrogens (tertiary/aromatic N) is 4. The van der Waals surface area contributed by atoms with Crippen molar-refractivity contribution in [2.75, 3.05) is 19.7 Å². The quantitative estimate of drug-likeness (QED) is 0.219. The van der Waals surface area contributed by atoms with Crippen molar-refractivity contribution >= 4 is 29.9 Å². The predicted molar refractivity (Wildman–Crippen MR) is 122 cm³/mol. The Labute approximate surface area is 182 Å². The molecule has 0 atom stereocenters. The molecule has 2 heterocycles. The summed E-state index contributed by atoms with van der Waals surface area (Å²) in [4.78, 5) is 13.1. The molecule has 0 spiro atoms. The van der Waals surface area contributed by atoms with Crippen LogP contribution in [0.25, 0.3) is 5.82 Å². The normalized spacial score (nSPS) is 10.8. The Morgan fingerprint density at radius 1 is 1.14 bits per heavy atom. The summed E-state index contributed by atoms with van der Waals surface area (Å²) in [5, 5.41) is 6.51. The maximum atomic E-state index is 5.68. The Bertz CT molecular complexity index is 822. The summed E-state index contributed by atoms with van der Waals surface area (Å²) in [6, 6.07) is 13.8. The molecule has 0 amide bonds. The van der Waals surface area contributed by atoms with Crippen molar-refractivity contribution in [1.82, 2.24) is 25.2 Å². The number of hydrogen-bond donors (Lipinski definition) is 2. The van der Waals surface area contributed by atoms with Gasteiger partial charge in [0.2, 0.25) is 0 Å².